The number of unbranched alkanes of at least 4 members (excludes halogenated alkanes) is 26. The zero-order chi connectivity index (χ0) is 86.3. The number of aliphatic carboxylic acids is 9. The van der Waals surface area contributed by atoms with E-state index in [0.29, 0.717) is 50.9 Å². The first-order valence-corrected chi connectivity index (χ1v) is 44.6. The van der Waals surface area contributed by atoms with E-state index in [4.69, 9.17) is 34.6 Å². The Balaban J connectivity index is 0.000000778. The number of rotatable bonds is 64. The number of esters is 2. The van der Waals surface area contributed by atoms with Crippen LogP contribution < -0.4 is 0 Å². The van der Waals surface area contributed by atoms with Crippen molar-refractivity contribution in [3.05, 3.63) is 48.6 Å². The van der Waals surface area contributed by atoms with Gasteiger partial charge in [0.1, 0.15) is 13.2 Å². The molecule has 0 aliphatic heterocycles. The molecule has 0 saturated heterocycles. The van der Waals surface area contributed by atoms with Gasteiger partial charge in [0.2, 0.25) is 0 Å². The molecule has 0 bridgehead atoms. The second-order valence-corrected chi connectivity index (χ2v) is 32.5. The maximum absolute atomic E-state index is 12.0. The Morgan fingerprint density at radius 3 is 0.793 bits per heavy atom. The van der Waals surface area contributed by atoms with Crippen molar-refractivity contribution in [1.82, 2.24) is 0 Å². The molecular formula is C91H152O25. The number of carboxylic acids is 9. The van der Waals surface area contributed by atoms with E-state index in [1.165, 1.54) is 25.7 Å². The molecule has 0 saturated carbocycles. The second kappa shape index (κ2) is 67.9. The van der Waals surface area contributed by atoms with Gasteiger partial charge in [0.05, 0.1) is 67.9 Å². The number of carboxylic acid groups (broad SMARTS) is 9. The number of carbonyl (C=O) groups is 11. The number of aliphatic hydroxyl groups excluding tert-OH is 2. The first kappa shape index (κ1) is 107. The van der Waals surface area contributed by atoms with Crippen molar-refractivity contribution in [3.8, 4) is 0 Å². The molecule has 0 aromatic heterocycles. The van der Waals surface area contributed by atoms with Crippen molar-refractivity contribution in [3.63, 3.8) is 0 Å². The summed E-state index contributed by atoms with van der Waals surface area (Å²) >= 11 is 0. The molecule has 116 heavy (non-hydrogen) atoms. The molecule has 25 heteroatoms. The number of hydrogen-bond donors (Lipinski definition) is 11. The average molecular weight is 1650 g/mol. The predicted molar refractivity (Wildman–Crippen MR) is 444 cm³/mol. The largest absolute Gasteiger partial charge is 0.481 e. The highest BCUT2D eigenvalue weighted by Crippen LogP contribution is 2.43. The van der Waals surface area contributed by atoms with E-state index in [2.05, 4.69) is 32.9 Å². The highest BCUT2D eigenvalue weighted by Gasteiger charge is 2.47. The Hall–Kier alpha value is -6.99. The molecule has 0 aromatic rings. The molecule has 0 spiro atoms. The third kappa shape index (κ3) is 48.2. The average Bonchev–Trinajstić information content (AvgIpc) is 0.810. The van der Waals surface area contributed by atoms with Crippen LogP contribution in [0.1, 0.15) is 329 Å². The van der Waals surface area contributed by atoms with Crippen LogP contribution in [-0.2, 0) is 67.0 Å². The van der Waals surface area contributed by atoms with E-state index < -0.39 is 89.2 Å². The lowest BCUT2D eigenvalue weighted by Crippen LogP contribution is -2.41. The van der Waals surface area contributed by atoms with Crippen LogP contribution in [0.2, 0.25) is 0 Å². The fourth-order valence-corrected chi connectivity index (χ4v) is 17.0. The van der Waals surface area contributed by atoms with Crippen molar-refractivity contribution in [2.45, 2.75) is 329 Å². The van der Waals surface area contributed by atoms with Crippen LogP contribution >= 0.6 is 0 Å². The summed E-state index contributed by atoms with van der Waals surface area (Å²) in [6, 6.07) is 0. The van der Waals surface area contributed by atoms with Crippen molar-refractivity contribution in [2.75, 3.05) is 39.6 Å². The van der Waals surface area contributed by atoms with E-state index in [-0.39, 0.29) is 112 Å². The van der Waals surface area contributed by atoms with Crippen LogP contribution in [-0.4, -0.2) is 161 Å². The SMILES string of the molecule is CCCCC1C=CC(CCCCCCCC(=O)OCCO)C(C(=O)O)C1C(=O)O.CCCCCCC1C=CC(CCCCCCCC(=O)O)C(C(=O)O)C1.CCCCCCC1C=CC(CCCCCCCC(=O)O)C(C(=O)O)C1C(=O)O.CCCCCCC1C=CC(CCCCCCCC(=O)OCCOCCO)C(C(=O)O)C1C(=O)O. The Kier molecular flexibility index (Phi) is 62.6. The maximum atomic E-state index is 12.0. The lowest BCUT2D eigenvalue weighted by molar-refractivity contribution is -0.158. The fourth-order valence-electron chi connectivity index (χ4n) is 17.0. The van der Waals surface area contributed by atoms with Crippen LogP contribution in [0.15, 0.2) is 48.6 Å². The molecular weight excluding hydrogens is 1490 g/mol. The summed E-state index contributed by atoms with van der Waals surface area (Å²) in [7, 11) is 0. The van der Waals surface area contributed by atoms with Gasteiger partial charge < -0.3 is 70.4 Å². The number of allylic oxidation sites excluding steroid dienone is 8. The summed E-state index contributed by atoms with van der Waals surface area (Å²) in [5, 5.41) is 102. The minimum absolute atomic E-state index is 0.0368. The summed E-state index contributed by atoms with van der Waals surface area (Å²) < 4.78 is 14.9. The molecule has 0 aromatic carbocycles. The van der Waals surface area contributed by atoms with Crippen LogP contribution in [0.4, 0.5) is 0 Å². The first-order chi connectivity index (χ1) is 55.8. The lowest BCUT2D eigenvalue weighted by Gasteiger charge is -2.35. The van der Waals surface area contributed by atoms with Gasteiger partial charge >= 0.3 is 65.7 Å². The van der Waals surface area contributed by atoms with Gasteiger partial charge in [0.15, 0.2) is 0 Å². The van der Waals surface area contributed by atoms with Crippen molar-refractivity contribution in [2.24, 2.45) is 88.8 Å². The van der Waals surface area contributed by atoms with Gasteiger partial charge in [-0.1, -0.05) is 269 Å². The Bertz CT molecular complexity index is 2850. The number of hydrogen-bond acceptors (Lipinski definition) is 16. The minimum Gasteiger partial charge on any atom is -0.481 e. The summed E-state index contributed by atoms with van der Waals surface area (Å²) in [5.74, 6) is -15.0. The Morgan fingerprint density at radius 1 is 0.259 bits per heavy atom. The molecule has 0 radical (unpaired) electrons. The predicted octanol–water partition coefficient (Wildman–Crippen LogP) is 18.7. The van der Waals surface area contributed by atoms with E-state index in [9.17, 15) is 88.5 Å². The monoisotopic (exact) mass is 1650 g/mol. The van der Waals surface area contributed by atoms with Gasteiger partial charge in [0, 0.05) is 25.7 Å². The third-order valence-electron chi connectivity index (χ3n) is 23.4. The number of carbonyl (C=O) groups excluding carboxylic acids is 2. The normalized spacial score (nSPS) is 23.1. The molecule has 15 atom stereocenters. The van der Waals surface area contributed by atoms with E-state index in [1.54, 1.807) is 0 Å². The van der Waals surface area contributed by atoms with Gasteiger partial charge in [0.25, 0.3) is 0 Å². The lowest BCUT2D eigenvalue weighted by atomic mass is 9.67. The van der Waals surface area contributed by atoms with Gasteiger partial charge in [-0.2, -0.15) is 0 Å². The van der Waals surface area contributed by atoms with Gasteiger partial charge in [-0.25, -0.2) is 0 Å². The fraction of sp³-hybridized carbons (Fsp3) is 0.791. The van der Waals surface area contributed by atoms with Crippen LogP contribution in [0.3, 0.4) is 0 Å². The van der Waals surface area contributed by atoms with Crippen LogP contribution in [0, 0.1) is 88.8 Å². The second-order valence-electron chi connectivity index (χ2n) is 32.5. The van der Waals surface area contributed by atoms with E-state index in [0.717, 1.165) is 218 Å². The standard InChI is InChI=1S/C26H44O8.C22H36O7.C22H36O6.C21H36O4/c1-2-3-4-8-11-20-14-15-21(24(26(31)32)23(20)25(29)30)12-9-6-5-7-10-13-22(28)34-19-18-33-17-16-27;1-2-3-9-16-12-13-17(20(22(27)28)19(16)21(25)26)10-7-5-4-6-8-11-18(24)29-15-14-23;1-2-3-4-8-11-16-14-15-17(20(22(27)28)19(16)21(25)26)12-9-6-5-7-10-13-18(23)24;1-2-3-4-8-11-17-14-15-18(19(16-17)21(24)25)12-9-6-5-7-10-13-20(22)23/h14-15,20-21,23-24,27H,2-13,16-19H2,1H3,(H,29,30)(H,31,32);12-13,16-17,19-20,23H,2-11,14-15H2,1H3,(H,25,26)(H,27,28);14-17,19-20H,2-13H2,1H3,(H,23,24)(H,25,26)(H,27,28);14-15,17-19H,2-13,16H2,1H3,(H,22,23)(H,24,25). The molecule has 25 nitrogen and oxygen atoms in total. The molecule has 4 rings (SSSR count). The molecule has 11 N–H and O–H groups in total. The highest BCUT2D eigenvalue weighted by molar-refractivity contribution is 5.83. The topological polar surface area (TPSA) is 438 Å². The van der Waals surface area contributed by atoms with Crippen molar-refractivity contribution < 1.29 is 123 Å². The smallest absolute Gasteiger partial charge is 0.307 e. The first-order valence-electron chi connectivity index (χ1n) is 44.6. The van der Waals surface area contributed by atoms with Crippen molar-refractivity contribution in [1.29, 1.82) is 0 Å². The van der Waals surface area contributed by atoms with Gasteiger partial charge in [-0.05, 0) is 131 Å². The van der Waals surface area contributed by atoms with Gasteiger partial charge in [-0.15, -0.1) is 0 Å². The number of aliphatic hydroxyl groups is 2. The summed E-state index contributed by atoms with van der Waals surface area (Å²) in [4.78, 5) is 127. The molecule has 0 heterocycles. The third-order valence-corrected chi connectivity index (χ3v) is 23.4. The van der Waals surface area contributed by atoms with Crippen LogP contribution in [0.5, 0.6) is 0 Å². The molecule has 15 unspecified atom stereocenters. The van der Waals surface area contributed by atoms with Crippen molar-refractivity contribution >= 4 is 65.7 Å². The summed E-state index contributed by atoms with van der Waals surface area (Å²) in [6.45, 7) is 9.01. The summed E-state index contributed by atoms with van der Waals surface area (Å²) in [5.41, 5.74) is 0. The highest BCUT2D eigenvalue weighted by atomic mass is 16.6. The van der Waals surface area contributed by atoms with E-state index in [1.807, 2.05) is 43.4 Å². The molecule has 4 aliphatic rings. The van der Waals surface area contributed by atoms with Crippen LogP contribution in [0.25, 0.3) is 0 Å². The zero-order valence-corrected chi connectivity index (χ0v) is 70.9. The molecule has 0 amide bonds. The zero-order valence-electron chi connectivity index (χ0n) is 70.9. The molecule has 4 aliphatic carbocycles. The van der Waals surface area contributed by atoms with E-state index >= 15 is 0 Å². The Labute approximate surface area is 692 Å². The van der Waals surface area contributed by atoms with Gasteiger partial charge in [-0.3, -0.25) is 52.7 Å². The quantitative estimate of drug-likeness (QED) is 0.0153. The Morgan fingerprint density at radius 2 is 0.509 bits per heavy atom. The maximum Gasteiger partial charge on any atom is 0.307 e. The molecule has 666 valence electrons. The summed E-state index contributed by atoms with van der Waals surface area (Å²) in [6.07, 6.45) is 57.0. The number of ether oxygens (including phenoxy) is 3. The molecule has 0 fully saturated rings. The minimum atomic E-state index is -1.02.